The van der Waals surface area contributed by atoms with Gasteiger partial charge in [-0.25, -0.2) is 0 Å². The van der Waals surface area contributed by atoms with E-state index in [1.54, 1.807) is 0 Å². The zero-order chi connectivity index (χ0) is 59.2. The van der Waals surface area contributed by atoms with Crippen LogP contribution in [0, 0.1) is 0 Å². The van der Waals surface area contributed by atoms with Crippen LogP contribution in [0.3, 0.4) is 0 Å². The summed E-state index contributed by atoms with van der Waals surface area (Å²) in [7, 11) is 0. The van der Waals surface area contributed by atoms with Gasteiger partial charge in [-0.05, 0) is 109 Å². The molecule has 0 bridgehead atoms. The fraction of sp³-hybridized carbons (Fsp3) is 0.697. The Labute approximate surface area is 507 Å². The standard InChI is InChI=1S/C76H128O6/c1-4-7-10-13-16-19-22-25-27-29-31-33-35-37-38-39-41-42-44-46-48-51-54-57-60-63-66-69-75(78)81-72-73(71-80-74(77)68-65-62-59-56-53-50-24-21-18-15-12-9-6-3)82-76(79)70-67-64-61-58-55-52-49-47-45-43-40-36-34-32-30-28-26-23-20-17-14-11-8-5-2/h7,10,12,15-16,19,21,24-25,27,31,33,37-38,41-42,46,48,54,57,73H,4-6,8-9,11,13-14,17-18,20,22-23,26,28-30,32,34-36,39-40,43-45,47,49-53,55-56,58-72H2,1-3H3/b10-7-,15-12-,19-16-,24-21-,27-25-,33-31-,38-37-,42-41-,48-46-,57-54-. The van der Waals surface area contributed by atoms with E-state index in [9.17, 15) is 14.4 Å². The molecule has 82 heavy (non-hydrogen) atoms. The molecule has 6 heteroatoms. The number of carbonyl (C=O) groups excluding carboxylic acids is 3. The molecule has 0 amide bonds. The topological polar surface area (TPSA) is 78.9 Å². The van der Waals surface area contributed by atoms with Crippen LogP contribution in [0.15, 0.2) is 122 Å². The molecule has 0 aliphatic carbocycles. The van der Waals surface area contributed by atoms with Crippen LogP contribution in [0.1, 0.15) is 323 Å². The molecule has 0 fully saturated rings. The number of carbonyl (C=O) groups is 3. The largest absolute Gasteiger partial charge is 0.462 e. The highest BCUT2D eigenvalue weighted by atomic mass is 16.6. The molecule has 0 heterocycles. The molecule has 0 aliphatic rings. The van der Waals surface area contributed by atoms with E-state index in [0.29, 0.717) is 25.7 Å². The van der Waals surface area contributed by atoms with Gasteiger partial charge in [-0.2, -0.15) is 0 Å². The lowest BCUT2D eigenvalue weighted by atomic mass is 10.0. The average Bonchev–Trinajstić information content (AvgIpc) is 3.47. The molecule has 0 aliphatic heterocycles. The first kappa shape index (κ1) is 77.8. The number of unbranched alkanes of at least 4 members (excludes halogenated alkanes) is 31. The Morgan fingerprint density at radius 2 is 0.500 bits per heavy atom. The number of ether oxygens (including phenoxy) is 3. The maximum absolute atomic E-state index is 12.9. The molecule has 0 rings (SSSR count). The van der Waals surface area contributed by atoms with E-state index in [-0.39, 0.29) is 31.1 Å². The Balaban J connectivity index is 4.39. The van der Waals surface area contributed by atoms with Crippen molar-refractivity contribution < 1.29 is 28.6 Å². The second kappa shape index (κ2) is 69.3. The minimum atomic E-state index is -0.805. The molecule has 1 unspecified atom stereocenters. The lowest BCUT2D eigenvalue weighted by molar-refractivity contribution is -0.167. The molecule has 0 radical (unpaired) electrons. The van der Waals surface area contributed by atoms with Crippen molar-refractivity contribution in [3.8, 4) is 0 Å². The fourth-order valence-corrected chi connectivity index (χ4v) is 9.56. The Morgan fingerprint density at radius 3 is 0.817 bits per heavy atom. The molecule has 0 aromatic heterocycles. The predicted molar refractivity (Wildman–Crippen MR) is 357 cm³/mol. The Bertz CT molecular complexity index is 1690. The minimum absolute atomic E-state index is 0.0993. The summed E-state index contributed by atoms with van der Waals surface area (Å²) >= 11 is 0. The van der Waals surface area contributed by atoms with Crippen molar-refractivity contribution in [2.24, 2.45) is 0 Å². The zero-order valence-corrected chi connectivity index (χ0v) is 53.7. The maximum atomic E-state index is 12.9. The van der Waals surface area contributed by atoms with E-state index in [0.717, 1.165) is 135 Å². The lowest BCUT2D eigenvalue weighted by Crippen LogP contribution is -2.30. The van der Waals surface area contributed by atoms with Gasteiger partial charge < -0.3 is 14.2 Å². The average molecular weight is 1140 g/mol. The smallest absolute Gasteiger partial charge is 0.306 e. The number of rotatable bonds is 62. The van der Waals surface area contributed by atoms with E-state index in [4.69, 9.17) is 14.2 Å². The predicted octanol–water partition coefficient (Wildman–Crippen LogP) is 23.9. The minimum Gasteiger partial charge on any atom is -0.462 e. The van der Waals surface area contributed by atoms with E-state index in [1.165, 1.54) is 141 Å². The van der Waals surface area contributed by atoms with Crippen LogP contribution >= 0.6 is 0 Å². The van der Waals surface area contributed by atoms with Gasteiger partial charge in [-0.15, -0.1) is 0 Å². The van der Waals surface area contributed by atoms with Gasteiger partial charge in [0.15, 0.2) is 6.10 Å². The highest BCUT2D eigenvalue weighted by Gasteiger charge is 2.19. The first-order valence-corrected chi connectivity index (χ1v) is 34.5. The van der Waals surface area contributed by atoms with Gasteiger partial charge in [-0.3, -0.25) is 14.4 Å². The van der Waals surface area contributed by atoms with Crippen LogP contribution in [0.4, 0.5) is 0 Å². The fourth-order valence-electron chi connectivity index (χ4n) is 9.56. The quantitative estimate of drug-likeness (QED) is 0.0261. The third-order valence-electron chi connectivity index (χ3n) is 14.7. The second-order valence-electron chi connectivity index (χ2n) is 22.7. The summed E-state index contributed by atoms with van der Waals surface area (Å²) in [5.74, 6) is -0.947. The maximum Gasteiger partial charge on any atom is 0.306 e. The molecule has 0 N–H and O–H groups in total. The molecule has 0 spiro atoms. The second-order valence-corrected chi connectivity index (χ2v) is 22.7. The lowest BCUT2D eigenvalue weighted by Gasteiger charge is -2.18. The molecule has 0 aromatic carbocycles. The van der Waals surface area contributed by atoms with E-state index >= 15 is 0 Å². The van der Waals surface area contributed by atoms with Crippen molar-refractivity contribution >= 4 is 17.9 Å². The van der Waals surface area contributed by atoms with Gasteiger partial charge in [0.25, 0.3) is 0 Å². The summed E-state index contributed by atoms with van der Waals surface area (Å²) in [6.07, 6.45) is 96.5. The SMILES string of the molecule is CC/C=C\C/C=C\C/C=C\C/C=C\C/C=C\C/C=C\C/C=C\C/C=C\CCCCC(=O)OCC(COC(=O)CCCCCCC/C=C\C/C=C\CCC)OC(=O)CCCCCCCCCCCCCCCCCCCCCCCCCC. The monoisotopic (exact) mass is 1140 g/mol. The van der Waals surface area contributed by atoms with Crippen LogP contribution in [0.25, 0.3) is 0 Å². The van der Waals surface area contributed by atoms with Gasteiger partial charge in [0, 0.05) is 19.3 Å². The number of allylic oxidation sites excluding steroid dienone is 20. The molecule has 0 aromatic rings. The van der Waals surface area contributed by atoms with Crippen molar-refractivity contribution in [1.29, 1.82) is 0 Å². The summed E-state index contributed by atoms with van der Waals surface area (Å²) in [4.78, 5) is 38.4. The number of hydrogen-bond donors (Lipinski definition) is 0. The molecule has 0 saturated heterocycles. The van der Waals surface area contributed by atoms with Crippen molar-refractivity contribution in [2.45, 2.75) is 329 Å². The molecular formula is C76H128O6. The Morgan fingerprint density at radius 1 is 0.256 bits per heavy atom. The van der Waals surface area contributed by atoms with E-state index < -0.39 is 6.10 Å². The van der Waals surface area contributed by atoms with Crippen LogP contribution in [0.2, 0.25) is 0 Å². The number of hydrogen-bond acceptors (Lipinski definition) is 6. The normalized spacial score (nSPS) is 12.9. The summed E-state index contributed by atoms with van der Waals surface area (Å²) < 4.78 is 16.9. The summed E-state index contributed by atoms with van der Waals surface area (Å²) in [6, 6.07) is 0. The van der Waals surface area contributed by atoms with Crippen LogP contribution in [-0.4, -0.2) is 37.2 Å². The summed E-state index contributed by atoms with van der Waals surface area (Å²) in [5.41, 5.74) is 0. The first-order valence-electron chi connectivity index (χ1n) is 34.5. The molecule has 6 nitrogen and oxygen atoms in total. The van der Waals surface area contributed by atoms with Crippen LogP contribution < -0.4 is 0 Å². The van der Waals surface area contributed by atoms with E-state index in [2.05, 4.69) is 142 Å². The van der Waals surface area contributed by atoms with E-state index in [1.807, 2.05) is 0 Å². The third-order valence-corrected chi connectivity index (χ3v) is 14.7. The van der Waals surface area contributed by atoms with Gasteiger partial charge in [0.2, 0.25) is 0 Å². The summed E-state index contributed by atoms with van der Waals surface area (Å²) in [6.45, 7) is 6.45. The van der Waals surface area contributed by atoms with Crippen LogP contribution in [-0.2, 0) is 28.6 Å². The first-order chi connectivity index (χ1) is 40.5. The van der Waals surface area contributed by atoms with Gasteiger partial charge in [0.05, 0.1) is 0 Å². The van der Waals surface area contributed by atoms with Crippen molar-refractivity contribution in [1.82, 2.24) is 0 Å². The van der Waals surface area contributed by atoms with Gasteiger partial charge >= 0.3 is 17.9 Å². The molecule has 468 valence electrons. The van der Waals surface area contributed by atoms with Crippen molar-refractivity contribution in [2.75, 3.05) is 13.2 Å². The molecule has 0 saturated carbocycles. The van der Waals surface area contributed by atoms with Crippen LogP contribution in [0.5, 0.6) is 0 Å². The highest BCUT2D eigenvalue weighted by molar-refractivity contribution is 5.71. The van der Waals surface area contributed by atoms with Crippen molar-refractivity contribution in [3.05, 3.63) is 122 Å². The Kier molecular flexibility index (Phi) is 65.8. The Hall–Kier alpha value is -4.19. The molecular weight excluding hydrogens is 1010 g/mol. The van der Waals surface area contributed by atoms with Crippen molar-refractivity contribution in [3.63, 3.8) is 0 Å². The summed E-state index contributed by atoms with van der Waals surface area (Å²) in [5, 5.41) is 0. The molecule has 1 atom stereocenters. The van der Waals surface area contributed by atoms with Gasteiger partial charge in [-0.1, -0.05) is 316 Å². The zero-order valence-electron chi connectivity index (χ0n) is 53.7. The third kappa shape index (κ3) is 66.6. The van der Waals surface area contributed by atoms with Gasteiger partial charge in [0.1, 0.15) is 13.2 Å². The number of esters is 3. The highest BCUT2D eigenvalue weighted by Crippen LogP contribution is 2.17.